The molecule has 2 aromatic rings. The Kier molecular flexibility index (Phi) is 4.79. The predicted octanol–water partition coefficient (Wildman–Crippen LogP) is 0.942. The minimum Gasteiger partial charge on any atom is -0.377 e. The molecule has 7 heteroatoms. The van der Waals surface area contributed by atoms with Crippen LogP contribution in [0.5, 0.6) is 0 Å². The number of hydrogen-bond donors (Lipinski definition) is 1. The highest BCUT2D eigenvalue weighted by Gasteiger charge is 2.15. The summed E-state index contributed by atoms with van der Waals surface area (Å²) in [4.78, 5) is 26.1. The van der Waals surface area contributed by atoms with E-state index in [4.69, 9.17) is 0 Å². The molecule has 0 atom stereocenters. The summed E-state index contributed by atoms with van der Waals surface area (Å²) in [5.74, 6) is 0.236. The van der Waals surface area contributed by atoms with Crippen molar-refractivity contribution in [2.45, 2.75) is 13.5 Å². The maximum absolute atomic E-state index is 12.1. The molecule has 0 bridgehead atoms. The number of anilines is 2. The summed E-state index contributed by atoms with van der Waals surface area (Å²) in [7, 11) is 6.86. The molecule has 0 fully saturated rings. The first-order valence-corrected chi connectivity index (χ1v) is 7.48. The summed E-state index contributed by atoms with van der Waals surface area (Å²) in [6.07, 6.45) is 0. The highest BCUT2D eigenvalue weighted by atomic mass is 16.2. The Morgan fingerprint density at radius 1 is 1.21 bits per heavy atom. The summed E-state index contributed by atoms with van der Waals surface area (Å²) < 4.78 is 2.21. The van der Waals surface area contributed by atoms with Crippen LogP contribution in [0.3, 0.4) is 0 Å². The first-order valence-electron chi connectivity index (χ1n) is 7.48. The second kappa shape index (κ2) is 6.62. The van der Waals surface area contributed by atoms with Crippen LogP contribution in [0, 0.1) is 18.3 Å². The number of rotatable bonds is 4. The third-order valence-electron chi connectivity index (χ3n) is 3.98. The van der Waals surface area contributed by atoms with Crippen LogP contribution < -0.4 is 21.5 Å². The number of nitrogens with one attached hydrogen (secondary N) is 1. The summed E-state index contributed by atoms with van der Waals surface area (Å²) >= 11 is 0. The molecule has 2 rings (SSSR count). The first kappa shape index (κ1) is 17.3. The van der Waals surface area contributed by atoms with Gasteiger partial charge in [-0.15, -0.1) is 0 Å². The molecule has 1 heterocycles. The molecule has 0 aliphatic heterocycles. The summed E-state index contributed by atoms with van der Waals surface area (Å²) in [5, 5.41) is 12.3. The lowest BCUT2D eigenvalue weighted by Gasteiger charge is -2.17. The van der Waals surface area contributed by atoms with Crippen LogP contribution in [0.15, 0.2) is 27.8 Å². The van der Waals surface area contributed by atoms with E-state index in [1.165, 1.54) is 18.7 Å². The van der Waals surface area contributed by atoms with Crippen LogP contribution in [0.2, 0.25) is 0 Å². The van der Waals surface area contributed by atoms with E-state index in [1.807, 2.05) is 50.2 Å². The monoisotopic (exact) mass is 327 g/mol. The number of benzene rings is 1. The fourth-order valence-corrected chi connectivity index (χ4v) is 2.67. The molecular formula is C17H21N5O2. The third kappa shape index (κ3) is 3.04. The number of hydrogen-bond acceptors (Lipinski definition) is 5. The van der Waals surface area contributed by atoms with E-state index in [0.717, 1.165) is 21.4 Å². The van der Waals surface area contributed by atoms with Gasteiger partial charge < -0.3 is 10.2 Å². The van der Waals surface area contributed by atoms with Crippen LogP contribution in [0.25, 0.3) is 0 Å². The normalized spacial score (nSPS) is 10.3. The lowest BCUT2D eigenvalue weighted by molar-refractivity contribution is 0.685. The van der Waals surface area contributed by atoms with Crippen molar-refractivity contribution in [3.8, 4) is 6.07 Å². The molecule has 0 aliphatic rings. The fourth-order valence-electron chi connectivity index (χ4n) is 2.67. The van der Waals surface area contributed by atoms with E-state index in [2.05, 4.69) is 5.32 Å². The average Bonchev–Trinajstić information content (AvgIpc) is 2.54. The van der Waals surface area contributed by atoms with Crippen molar-refractivity contribution in [2.75, 3.05) is 24.3 Å². The van der Waals surface area contributed by atoms with Gasteiger partial charge in [0.05, 0.1) is 0 Å². The number of nitriles is 1. The van der Waals surface area contributed by atoms with E-state index >= 15 is 0 Å². The Morgan fingerprint density at radius 3 is 2.42 bits per heavy atom. The number of aryl methyl sites for hydroxylation is 1. The maximum atomic E-state index is 12.1. The molecule has 24 heavy (non-hydrogen) atoms. The second-order valence-electron chi connectivity index (χ2n) is 5.91. The molecule has 0 spiro atoms. The zero-order valence-electron chi connectivity index (χ0n) is 14.5. The molecule has 1 aromatic heterocycles. The number of aromatic nitrogens is 2. The first-order chi connectivity index (χ1) is 11.3. The van der Waals surface area contributed by atoms with Crippen LogP contribution in [-0.2, 0) is 20.6 Å². The summed E-state index contributed by atoms with van der Waals surface area (Å²) in [6, 6.07) is 7.90. The van der Waals surface area contributed by atoms with Gasteiger partial charge in [-0.2, -0.15) is 5.26 Å². The van der Waals surface area contributed by atoms with Crippen LogP contribution in [0.1, 0.15) is 16.7 Å². The molecule has 126 valence electrons. The lowest BCUT2D eigenvalue weighted by atomic mass is 10.1. The lowest BCUT2D eigenvalue weighted by Crippen LogP contribution is -2.39. The molecule has 0 radical (unpaired) electrons. The molecule has 1 aromatic carbocycles. The van der Waals surface area contributed by atoms with Gasteiger partial charge >= 0.3 is 5.69 Å². The molecular weight excluding hydrogens is 306 g/mol. The van der Waals surface area contributed by atoms with E-state index in [-0.39, 0.29) is 11.4 Å². The third-order valence-corrected chi connectivity index (χ3v) is 3.98. The molecule has 7 nitrogen and oxygen atoms in total. The van der Waals surface area contributed by atoms with Crippen molar-refractivity contribution in [3.05, 3.63) is 55.7 Å². The molecule has 0 aliphatic carbocycles. The Morgan fingerprint density at radius 2 is 1.88 bits per heavy atom. The predicted molar refractivity (Wildman–Crippen MR) is 94.5 cm³/mol. The Hall–Kier alpha value is -3.01. The van der Waals surface area contributed by atoms with Gasteiger partial charge in [0.25, 0.3) is 5.56 Å². The highest BCUT2D eigenvalue weighted by molar-refractivity contribution is 5.55. The van der Waals surface area contributed by atoms with Crippen molar-refractivity contribution in [2.24, 2.45) is 14.1 Å². The van der Waals surface area contributed by atoms with Gasteiger partial charge in [0.15, 0.2) is 5.56 Å². The van der Waals surface area contributed by atoms with Crippen molar-refractivity contribution in [1.29, 1.82) is 5.26 Å². The summed E-state index contributed by atoms with van der Waals surface area (Å²) in [5.41, 5.74) is 2.11. The Balaban J connectivity index is 2.37. The second-order valence-corrected chi connectivity index (χ2v) is 5.91. The van der Waals surface area contributed by atoms with Gasteiger partial charge in [-0.1, -0.05) is 12.1 Å². The van der Waals surface area contributed by atoms with Gasteiger partial charge in [0, 0.05) is 40.4 Å². The zero-order chi connectivity index (χ0) is 18.0. The molecule has 0 saturated carbocycles. The topological polar surface area (TPSA) is 83.1 Å². The Labute approximate surface area is 140 Å². The SMILES string of the molecule is Cc1cc(CNc2c(C#N)c(=O)n(C)c(=O)n2C)ccc1N(C)C. The maximum Gasteiger partial charge on any atom is 0.332 e. The quantitative estimate of drug-likeness (QED) is 0.904. The van der Waals surface area contributed by atoms with E-state index in [9.17, 15) is 14.9 Å². The smallest absolute Gasteiger partial charge is 0.332 e. The van der Waals surface area contributed by atoms with Crippen molar-refractivity contribution >= 4 is 11.5 Å². The van der Waals surface area contributed by atoms with Crippen molar-refractivity contribution in [3.63, 3.8) is 0 Å². The molecule has 0 amide bonds. The highest BCUT2D eigenvalue weighted by Crippen LogP contribution is 2.20. The van der Waals surface area contributed by atoms with E-state index < -0.39 is 11.2 Å². The molecule has 0 saturated heterocycles. The van der Waals surface area contributed by atoms with Crippen molar-refractivity contribution in [1.82, 2.24) is 9.13 Å². The zero-order valence-corrected chi connectivity index (χ0v) is 14.5. The van der Waals surface area contributed by atoms with Crippen molar-refractivity contribution < 1.29 is 0 Å². The van der Waals surface area contributed by atoms with Crippen LogP contribution in [-0.4, -0.2) is 23.2 Å². The van der Waals surface area contributed by atoms with Gasteiger partial charge in [-0.25, -0.2) is 4.79 Å². The minimum absolute atomic E-state index is 0.0683. The Bertz CT molecular complexity index is 932. The van der Waals surface area contributed by atoms with E-state index in [1.54, 1.807) is 0 Å². The standard InChI is InChI=1S/C17H21N5O2/c1-11-8-12(6-7-14(11)20(2)3)10-19-15-13(9-18)16(23)22(5)17(24)21(15)4/h6-8,19H,10H2,1-5H3. The van der Waals surface area contributed by atoms with Gasteiger partial charge in [0.2, 0.25) is 0 Å². The summed E-state index contributed by atoms with van der Waals surface area (Å²) in [6.45, 7) is 2.43. The van der Waals surface area contributed by atoms with Crippen LogP contribution in [0.4, 0.5) is 11.5 Å². The van der Waals surface area contributed by atoms with Gasteiger partial charge in [-0.05, 0) is 24.1 Å². The van der Waals surface area contributed by atoms with E-state index in [0.29, 0.717) is 6.54 Å². The fraction of sp³-hybridized carbons (Fsp3) is 0.353. The van der Waals surface area contributed by atoms with Gasteiger partial charge in [-0.3, -0.25) is 13.9 Å². The average molecular weight is 327 g/mol. The van der Waals surface area contributed by atoms with Gasteiger partial charge in [0.1, 0.15) is 11.9 Å². The minimum atomic E-state index is -0.595. The van der Waals surface area contributed by atoms with Crippen LogP contribution >= 0.6 is 0 Å². The largest absolute Gasteiger partial charge is 0.377 e. The molecule has 1 N–H and O–H groups in total. The molecule has 0 unspecified atom stereocenters. The number of nitrogens with zero attached hydrogens (tertiary/aromatic N) is 4.